The van der Waals surface area contributed by atoms with Gasteiger partial charge in [-0.1, -0.05) is 43.5 Å². The van der Waals surface area contributed by atoms with Crippen molar-refractivity contribution in [3.05, 3.63) is 35.4 Å². The molecule has 28 heavy (non-hydrogen) atoms. The fourth-order valence-corrected chi connectivity index (χ4v) is 3.95. The first kappa shape index (κ1) is 20.3. The molecule has 1 aliphatic carbocycles. The molecule has 0 aromatic heterocycles. The lowest BCUT2D eigenvalue weighted by Gasteiger charge is -2.26. The molecule has 1 atom stereocenters. The molecule has 7 nitrogen and oxygen atoms in total. The monoisotopic (exact) mass is 386 g/mol. The van der Waals surface area contributed by atoms with E-state index in [1.165, 1.54) is 19.3 Å². The molecule has 2 fully saturated rings. The number of benzene rings is 1. The molecule has 1 saturated carbocycles. The highest BCUT2D eigenvalue weighted by molar-refractivity contribution is 5.94. The van der Waals surface area contributed by atoms with Crippen LogP contribution in [0.4, 0.5) is 0 Å². The standard InChI is InChI=1S/C21H30N4O3/c22-20(23)16-10-8-15(9-11-16)13-24-21(27)18-7-4-12-25(18)19(26)14-28-17-5-2-1-3-6-17/h8-11,17-18H,1-7,12-14H2,(H3,22,23)(H,24,27). The maximum atomic E-state index is 12.6. The highest BCUT2D eigenvalue weighted by atomic mass is 16.5. The summed E-state index contributed by atoms with van der Waals surface area (Å²) in [5, 5.41) is 10.3. The summed E-state index contributed by atoms with van der Waals surface area (Å²) in [7, 11) is 0. The van der Waals surface area contributed by atoms with Crippen LogP contribution in [0.5, 0.6) is 0 Å². The second-order valence-corrected chi connectivity index (χ2v) is 7.64. The summed E-state index contributed by atoms with van der Waals surface area (Å²) in [5.41, 5.74) is 7.03. The lowest BCUT2D eigenvalue weighted by molar-refractivity contribution is -0.144. The molecule has 2 amide bonds. The summed E-state index contributed by atoms with van der Waals surface area (Å²) in [6.07, 6.45) is 7.34. The molecule has 0 bridgehead atoms. The van der Waals surface area contributed by atoms with Gasteiger partial charge in [0.15, 0.2) is 0 Å². The predicted octanol–water partition coefficient (Wildman–Crippen LogP) is 1.93. The van der Waals surface area contributed by atoms with Gasteiger partial charge in [-0.25, -0.2) is 0 Å². The van der Waals surface area contributed by atoms with E-state index < -0.39 is 6.04 Å². The Morgan fingerprint density at radius 2 is 1.82 bits per heavy atom. The molecule has 1 heterocycles. The predicted molar refractivity (Wildman–Crippen MR) is 107 cm³/mol. The number of carbonyl (C=O) groups excluding carboxylic acids is 2. The van der Waals surface area contributed by atoms with Gasteiger partial charge in [-0.2, -0.15) is 0 Å². The van der Waals surface area contributed by atoms with E-state index in [1.807, 2.05) is 12.1 Å². The van der Waals surface area contributed by atoms with E-state index in [9.17, 15) is 9.59 Å². The van der Waals surface area contributed by atoms with Crippen LogP contribution in [0.3, 0.4) is 0 Å². The Morgan fingerprint density at radius 3 is 2.50 bits per heavy atom. The van der Waals surface area contributed by atoms with Crippen molar-refractivity contribution in [2.45, 2.75) is 63.6 Å². The van der Waals surface area contributed by atoms with Crippen molar-refractivity contribution in [3.8, 4) is 0 Å². The molecule has 1 aliphatic heterocycles. The number of hydrogen-bond donors (Lipinski definition) is 3. The molecule has 1 aromatic carbocycles. The molecule has 0 spiro atoms. The van der Waals surface area contributed by atoms with Gasteiger partial charge >= 0.3 is 0 Å². The molecule has 0 radical (unpaired) electrons. The largest absolute Gasteiger partial charge is 0.384 e. The minimum absolute atomic E-state index is 0.0196. The van der Waals surface area contributed by atoms with Crippen molar-refractivity contribution in [2.24, 2.45) is 5.73 Å². The third-order valence-electron chi connectivity index (χ3n) is 5.60. The molecule has 7 heteroatoms. The SMILES string of the molecule is N=C(N)c1ccc(CNC(=O)C2CCCN2C(=O)COC2CCCCC2)cc1. The number of rotatable bonds is 7. The number of nitrogen functional groups attached to an aromatic ring is 1. The van der Waals surface area contributed by atoms with E-state index >= 15 is 0 Å². The topological polar surface area (TPSA) is 109 Å². The first-order valence-corrected chi connectivity index (χ1v) is 10.2. The van der Waals surface area contributed by atoms with Gasteiger partial charge in [0.05, 0.1) is 6.10 Å². The van der Waals surface area contributed by atoms with Crippen LogP contribution in [0.15, 0.2) is 24.3 Å². The van der Waals surface area contributed by atoms with Crippen LogP contribution in [-0.4, -0.2) is 47.8 Å². The molecule has 1 unspecified atom stereocenters. The Balaban J connectivity index is 1.47. The van der Waals surface area contributed by atoms with Crippen molar-refractivity contribution in [1.82, 2.24) is 10.2 Å². The van der Waals surface area contributed by atoms with Gasteiger partial charge in [-0.15, -0.1) is 0 Å². The van der Waals surface area contributed by atoms with E-state index in [4.69, 9.17) is 15.9 Å². The van der Waals surface area contributed by atoms with Gasteiger partial charge in [-0.05, 0) is 31.2 Å². The van der Waals surface area contributed by atoms with E-state index in [2.05, 4.69) is 5.32 Å². The number of likely N-dealkylation sites (tertiary alicyclic amines) is 1. The van der Waals surface area contributed by atoms with Gasteiger partial charge in [0.25, 0.3) is 0 Å². The van der Waals surface area contributed by atoms with Crippen molar-refractivity contribution in [1.29, 1.82) is 5.41 Å². The van der Waals surface area contributed by atoms with Crippen molar-refractivity contribution in [3.63, 3.8) is 0 Å². The Hall–Kier alpha value is -2.41. The lowest BCUT2D eigenvalue weighted by atomic mass is 9.98. The zero-order valence-electron chi connectivity index (χ0n) is 16.3. The summed E-state index contributed by atoms with van der Waals surface area (Å²) in [4.78, 5) is 26.8. The zero-order valence-corrected chi connectivity index (χ0v) is 16.3. The summed E-state index contributed by atoms with van der Waals surface area (Å²) in [6, 6.07) is 6.79. The fraction of sp³-hybridized carbons (Fsp3) is 0.571. The highest BCUT2D eigenvalue weighted by Crippen LogP contribution is 2.22. The zero-order chi connectivity index (χ0) is 19.9. The number of nitrogens with one attached hydrogen (secondary N) is 2. The van der Waals surface area contributed by atoms with E-state index in [0.29, 0.717) is 25.1 Å². The van der Waals surface area contributed by atoms with Gasteiger partial charge in [0.2, 0.25) is 11.8 Å². The number of amidine groups is 1. The number of amides is 2. The summed E-state index contributed by atoms with van der Waals surface area (Å²) in [6.45, 7) is 1.06. The van der Waals surface area contributed by atoms with E-state index in [0.717, 1.165) is 24.8 Å². The maximum Gasteiger partial charge on any atom is 0.249 e. The van der Waals surface area contributed by atoms with E-state index in [-0.39, 0.29) is 30.4 Å². The van der Waals surface area contributed by atoms with Crippen LogP contribution in [0, 0.1) is 5.41 Å². The Morgan fingerprint density at radius 1 is 1.11 bits per heavy atom. The number of carbonyl (C=O) groups is 2. The molecule has 3 rings (SSSR count). The molecular formula is C21H30N4O3. The third kappa shape index (κ3) is 5.32. The molecule has 4 N–H and O–H groups in total. The number of nitrogens with zero attached hydrogens (tertiary/aromatic N) is 1. The normalized spacial score (nSPS) is 20.1. The van der Waals surface area contributed by atoms with Gasteiger partial charge in [0, 0.05) is 18.7 Å². The Labute approximate surface area is 166 Å². The van der Waals surface area contributed by atoms with Gasteiger partial charge in [-0.3, -0.25) is 15.0 Å². The average molecular weight is 386 g/mol. The van der Waals surface area contributed by atoms with Crippen LogP contribution in [0.25, 0.3) is 0 Å². The summed E-state index contributed by atoms with van der Waals surface area (Å²) >= 11 is 0. The van der Waals surface area contributed by atoms with Gasteiger partial charge < -0.3 is 20.7 Å². The maximum absolute atomic E-state index is 12.6. The number of ether oxygens (including phenoxy) is 1. The molecule has 152 valence electrons. The van der Waals surface area contributed by atoms with Gasteiger partial charge in [0.1, 0.15) is 18.5 Å². The Bertz CT molecular complexity index is 698. The highest BCUT2D eigenvalue weighted by Gasteiger charge is 2.34. The second kappa shape index (κ2) is 9.68. The molecular weight excluding hydrogens is 356 g/mol. The average Bonchev–Trinajstić information content (AvgIpc) is 3.21. The summed E-state index contributed by atoms with van der Waals surface area (Å²) in [5.74, 6) is -0.195. The minimum atomic E-state index is -0.418. The summed E-state index contributed by atoms with van der Waals surface area (Å²) < 4.78 is 5.79. The first-order chi connectivity index (χ1) is 13.5. The molecule has 1 saturated heterocycles. The molecule has 1 aromatic rings. The quantitative estimate of drug-likeness (QED) is 0.491. The number of nitrogens with two attached hydrogens (primary N) is 1. The van der Waals surface area contributed by atoms with Crippen LogP contribution in [0.1, 0.15) is 56.1 Å². The molecule has 2 aliphatic rings. The van der Waals surface area contributed by atoms with Crippen LogP contribution < -0.4 is 11.1 Å². The van der Waals surface area contributed by atoms with Crippen molar-refractivity contribution < 1.29 is 14.3 Å². The van der Waals surface area contributed by atoms with E-state index in [1.54, 1.807) is 17.0 Å². The van der Waals surface area contributed by atoms with Crippen LogP contribution in [-0.2, 0) is 20.9 Å². The lowest BCUT2D eigenvalue weighted by Crippen LogP contribution is -2.47. The minimum Gasteiger partial charge on any atom is -0.384 e. The first-order valence-electron chi connectivity index (χ1n) is 10.2. The second-order valence-electron chi connectivity index (χ2n) is 7.64. The Kier molecular flexibility index (Phi) is 7.03. The van der Waals surface area contributed by atoms with Crippen LogP contribution >= 0.6 is 0 Å². The third-order valence-corrected chi connectivity index (χ3v) is 5.60. The number of hydrogen-bond acceptors (Lipinski definition) is 4. The van der Waals surface area contributed by atoms with Crippen molar-refractivity contribution in [2.75, 3.05) is 13.2 Å². The fourth-order valence-electron chi connectivity index (χ4n) is 3.95. The van der Waals surface area contributed by atoms with Crippen LogP contribution in [0.2, 0.25) is 0 Å². The van der Waals surface area contributed by atoms with Crippen molar-refractivity contribution >= 4 is 17.6 Å². The smallest absolute Gasteiger partial charge is 0.249 e.